The van der Waals surface area contributed by atoms with Gasteiger partial charge in [-0.15, -0.1) is 0 Å². The number of rotatable bonds is 3. The van der Waals surface area contributed by atoms with Crippen molar-refractivity contribution in [2.24, 2.45) is 0 Å². The van der Waals surface area contributed by atoms with Gasteiger partial charge in [0.05, 0.1) is 0 Å². The number of urea groups is 1. The zero-order chi connectivity index (χ0) is 15.7. The van der Waals surface area contributed by atoms with Gasteiger partial charge in [0.1, 0.15) is 11.6 Å². The van der Waals surface area contributed by atoms with Crippen molar-refractivity contribution in [1.29, 1.82) is 0 Å². The lowest BCUT2D eigenvalue weighted by atomic mass is 10.1. The molecule has 1 aliphatic carbocycles. The Hall–Kier alpha value is -2.14. The number of nitrogens with one attached hydrogen (secondary N) is 2. The van der Waals surface area contributed by atoms with Crippen molar-refractivity contribution in [3.8, 4) is 0 Å². The van der Waals surface area contributed by atoms with Crippen molar-refractivity contribution in [3.05, 3.63) is 64.7 Å². The third-order valence-corrected chi connectivity index (χ3v) is 3.80. The van der Waals surface area contributed by atoms with Crippen molar-refractivity contribution >= 4 is 23.3 Å². The van der Waals surface area contributed by atoms with Crippen LogP contribution in [0.4, 0.5) is 19.3 Å². The standard InChI is InChI=1S/C16H13ClF2N2O/c17-9-3-1-4-10(7-9)20-16(22)21-14-8-11(14)15-12(18)5-2-6-13(15)19/h1-7,11,14H,8H2,(H2,20,21,22)/t11-,14-/m1/s1. The molecular formula is C16H13ClF2N2O. The molecule has 0 saturated heterocycles. The van der Waals surface area contributed by atoms with Crippen LogP contribution in [-0.2, 0) is 0 Å². The van der Waals surface area contributed by atoms with Crippen molar-refractivity contribution in [1.82, 2.24) is 5.32 Å². The fourth-order valence-corrected chi connectivity index (χ4v) is 2.63. The van der Waals surface area contributed by atoms with Crippen molar-refractivity contribution in [2.75, 3.05) is 5.32 Å². The van der Waals surface area contributed by atoms with E-state index in [2.05, 4.69) is 10.6 Å². The number of halogens is 3. The van der Waals surface area contributed by atoms with Crippen LogP contribution < -0.4 is 10.6 Å². The molecule has 2 aromatic rings. The van der Waals surface area contributed by atoms with Gasteiger partial charge in [-0.3, -0.25) is 0 Å². The molecule has 1 saturated carbocycles. The highest BCUT2D eigenvalue weighted by atomic mass is 35.5. The Bertz CT molecular complexity index is 703. The molecule has 0 bridgehead atoms. The van der Waals surface area contributed by atoms with E-state index >= 15 is 0 Å². The number of carbonyl (C=O) groups excluding carboxylic acids is 1. The van der Waals surface area contributed by atoms with Crippen LogP contribution in [0.25, 0.3) is 0 Å². The number of carbonyl (C=O) groups is 1. The third-order valence-electron chi connectivity index (χ3n) is 3.56. The van der Waals surface area contributed by atoms with E-state index in [1.165, 1.54) is 18.2 Å². The smallest absolute Gasteiger partial charge is 0.319 e. The lowest BCUT2D eigenvalue weighted by Crippen LogP contribution is -2.31. The molecule has 2 aromatic carbocycles. The summed E-state index contributed by atoms with van der Waals surface area (Å²) < 4.78 is 27.3. The summed E-state index contributed by atoms with van der Waals surface area (Å²) in [6.07, 6.45) is 0.515. The molecule has 3 rings (SSSR count). The molecule has 3 nitrogen and oxygen atoms in total. The molecule has 2 N–H and O–H groups in total. The van der Waals surface area contributed by atoms with Crippen LogP contribution in [-0.4, -0.2) is 12.1 Å². The molecule has 2 amide bonds. The Labute approximate surface area is 131 Å². The van der Waals surface area contributed by atoms with Gasteiger partial charge in [0, 0.05) is 28.2 Å². The highest BCUT2D eigenvalue weighted by Gasteiger charge is 2.42. The molecule has 0 unspecified atom stereocenters. The lowest BCUT2D eigenvalue weighted by molar-refractivity contribution is 0.251. The molecule has 114 valence electrons. The molecular weight excluding hydrogens is 310 g/mol. The summed E-state index contributed by atoms with van der Waals surface area (Å²) in [6, 6.07) is 9.80. The maximum atomic E-state index is 13.7. The minimum atomic E-state index is -0.579. The molecule has 1 fully saturated rings. The highest BCUT2D eigenvalue weighted by molar-refractivity contribution is 6.30. The van der Waals surface area contributed by atoms with E-state index in [4.69, 9.17) is 11.6 Å². The summed E-state index contributed by atoms with van der Waals surface area (Å²) in [5.74, 6) is -1.49. The Morgan fingerprint density at radius 2 is 1.82 bits per heavy atom. The average molecular weight is 323 g/mol. The Morgan fingerprint density at radius 3 is 2.50 bits per heavy atom. The van der Waals surface area contributed by atoms with Gasteiger partial charge in [-0.05, 0) is 36.8 Å². The van der Waals surface area contributed by atoms with E-state index in [9.17, 15) is 13.6 Å². The van der Waals surface area contributed by atoms with Crippen molar-refractivity contribution < 1.29 is 13.6 Å². The third kappa shape index (κ3) is 3.20. The Balaban J connectivity index is 1.60. The largest absolute Gasteiger partial charge is 0.334 e. The molecule has 6 heteroatoms. The summed E-state index contributed by atoms with van der Waals surface area (Å²) >= 11 is 5.83. The van der Waals surface area contributed by atoms with Gasteiger partial charge in [0.15, 0.2) is 0 Å². The highest BCUT2D eigenvalue weighted by Crippen LogP contribution is 2.43. The first-order chi connectivity index (χ1) is 10.5. The van der Waals surface area contributed by atoms with Crippen LogP contribution in [0.3, 0.4) is 0 Å². The summed E-state index contributed by atoms with van der Waals surface area (Å²) in [4.78, 5) is 11.9. The van der Waals surface area contributed by atoms with Crippen molar-refractivity contribution in [3.63, 3.8) is 0 Å². The average Bonchev–Trinajstić information content (AvgIpc) is 3.17. The van der Waals surface area contributed by atoms with E-state index in [0.717, 1.165) is 0 Å². The number of anilines is 1. The summed E-state index contributed by atoms with van der Waals surface area (Å²) in [5.41, 5.74) is 0.592. The van der Waals surface area contributed by atoms with Crippen LogP contribution in [0.15, 0.2) is 42.5 Å². The van der Waals surface area contributed by atoms with Crippen LogP contribution in [0.2, 0.25) is 5.02 Å². The molecule has 0 radical (unpaired) electrons. The van der Waals surface area contributed by atoms with Gasteiger partial charge in [0.25, 0.3) is 0 Å². The molecule has 0 spiro atoms. The molecule has 0 aliphatic heterocycles. The first-order valence-corrected chi connectivity index (χ1v) is 7.19. The Morgan fingerprint density at radius 1 is 1.14 bits per heavy atom. The zero-order valence-corrected chi connectivity index (χ0v) is 12.2. The molecule has 0 heterocycles. The van der Waals surface area contributed by atoms with Gasteiger partial charge < -0.3 is 10.6 Å². The minimum Gasteiger partial charge on any atom is -0.334 e. The monoisotopic (exact) mass is 322 g/mol. The van der Waals surface area contributed by atoms with E-state index in [1.807, 2.05) is 0 Å². The first-order valence-electron chi connectivity index (χ1n) is 6.81. The summed E-state index contributed by atoms with van der Waals surface area (Å²) in [7, 11) is 0. The number of benzene rings is 2. The zero-order valence-electron chi connectivity index (χ0n) is 11.4. The maximum Gasteiger partial charge on any atom is 0.319 e. The molecule has 0 aromatic heterocycles. The van der Waals surface area contributed by atoms with Gasteiger partial charge in [-0.2, -0.15) is 0 Å². The topological polar surface area (TPSA) is 41.1 Å². The first kappa shape index (κ1) is 14.8. The summed E-state index contributed by atoms with van der Waals surface area (Å²) in [6.45, 7) is 0. The van der Waals surface area contributed by atoms with E-state index in [1.54, 1.807) is 24.3 Å². The van der Waals surface area contributed by atoms with Crippen LogP contribution >= 0.6 is 11.6 Å². The second-order valence-corrected chi connectivity index (χ2v) is 5.63. The van der Waals surface area contributed by atoms with Crippen molar-refractivity contribution in [2.45, 2.75) is 18.4 Å². The van der Waals surface area contributed by atoms with Crippen LogP contribution in [0.1, 0.15) is 17.9 Å². The minimum absolute atomic E-state index is 0.0376. The molecule has 1 aliphatic rings. The number of hydrogen-bond acceptors (Lipinski definition) is 1. The van der Waals surface area contributed by atoms with E-state index in [0.29, 0.717) is 17.1 Å². The summed E-state index contributed by atoms with van der Waals surface area (Å²) in [5, 5.41) is 5.84. The lowest BCUT2D eigenvalue weighted by Gasteiger charge is -2.08. The SMILES string of the molecule is O=C(Nc1cccc(Cl)c1)N[C@@H]1C[C@H]1c1c(F)cccc1F. The fourth-order valence-electron chi connectivity index (χ4n) is 2.44. The second kappa shape index (κ2) is 5.93. The normalized spacial score (nSPS) is 19.6. The Kier molecular flexibility index (Phi) is 3.98. The van der Waals surface area contributed by atoms with Gasteiger partial charge in [-0.1, -0.05) is 23.7 Å². The predicted molar refractivity (Wildman–Crippen MR) is 81.1 cm³/mol. The van der Waals surface area contributed by atoms with E-state index < -0.39 is 17.7 Å². The van der Waals surface area contributed by atoms with Crippen LogP contribution in [0.5, 0.6) is 0 Å². The van der Waals surface area contributed by atoms with Crippen LogP contribution in [0, 0.1) is 11.6 Å². The predicted octanol–water partition coefficient (Wildman–Crippen LogP) is 4.30. The van der Waals surface area contributed by atoms with Gasteiger partial charge in [0.2, 0.25) is 0 Å². The maximum absolute atomic E-state index is 13.7. The number of hydrogen-bond donors (Lipinski definition) is 2. The van der Waals surface area contributed by atoms with E-state index in [-0.39, 0.29) is 17.5 Å². The molecule has 22 heavy (non-hydrogen) atoms. The van der Waals surface area contributed by atoms with Gasteiger partial charge >= 0.3 is 6.03 Å². The molecule has 2 atom stereocenters. The quantitative estimate of drug-likeness (QED) is 0.869. The van der Waals surface area contributed by atoms with Gasteiger partial charge in [-0.25, -0.2) is 13.6 Å². The fraction of sp³-hybridized carbons (Fsp3) is 0.188. The second-order valence-electron chi connectivity index (χ2n) is 5.19. The number of amides is 2.